The molecule has 0 bridgehead atoms. The first-order valence-electron chi connectivity index (χ1n) is 10.4. The fraction of sp³-hybridized carbons (Fsp3) is 0.409. The number of nitro groups is 2. The highest BCUT2D eigenvalue weighted by Gasteiger charge is 2.50. The van der Waals surface area contributed by atoms with E-state index in [1.54, 1.807) is 17.0 Å². The van der Waals surface area contributed by atoms with Crippen LogP contribution < -0.4 is 0 Å². The molecule has 1 heterocycles. The zero-order chi connectivity index (χ0) is 23.0. The van der Waals surface area contributed by atoms with Gasteiger partial charge in [-0.2, -0.15) is 0 Å². The molecule has 8 nitrogen and oxygen atoms in total. The van der Waals surface area contributed by atoms with Crippen molar-refractivity contribution in [2.75, 3.05) is 6.54 Å². The summed E-state index contributed by atoms with van der Waals surface area (Å²) in [7, 11) is 0. The molecule has 4 rings (SSSR count). The highest BCUT2D eigenvalue weighted by molar-refractivity contribution is 6.31. The molecular formula is C22H21Cl2N3O5. The number of carbonyl (C=O) groups excluding carboxylic acids is 1. The Hall–Kier alpha value is -2.71. The van der Waals surface area contributed by atoms with Crippen LogP contribution in [-0.2, 0) is 0 Å². The van der Waals surface area contributed by atoms with E-state index in [1.807, 2.05) is 12.1 Å². The van der Waals surface area contributed by atoms with Crippen molar-refractivity contribution in [3.63, 3.8) is 0 Å². The molecular weight excluding hydrogens is 457 g/mol. The standard InChI is InChI=1S/C22H21Cl2N3O5/c23-19-7-2-1-5-17(19)20-18-6-3-4-8-22(18,24)9-10-25(20)21(28)14-11-15(26(29)30)13-16(12-14)27(31)32/h1-2,5,7,11-13,18,20H,3-4,6,8-10H2. The number of fused-ring (bicyclic) bond motifs is 1. The largest absolute Gasteiger partial charge is 0.331 e. The molecule has 2 fully saturated rings. The number of hydrogen-bond acceptors (Lipinski definition) is 5. The molecule has 1 aliphatic heterocycles. The van der Waals surface area contributed by atoms with Gasteiger partial charge in [0, 0.05) is 29.6 Å². The van der Waals surface area contributed by atoms with Gasteiger partial charge in [0.25, 0.3) is 17.3 Å². The average Bonchev–Trinajstić information content (AvgIpc) is 2.77. The van der Waals surface area contributed by atoms with Crippen molar-refractivity contribution in [1.82, 2.24) is 4.90 Å². The van der Waals surface area contributed by atoms with Crippen LogP contribution in [0.4, 0.5) is 11.4 Å². The highest BCUT2D eigenvalue weighted by Crippen LogP contribution is 2.53. The quantitative estimate of drug-likeness (QED) is 0.308. The van der Waals surface area contributed by atoms with Gasteiger partial charge in [0.1, 0.15) is 0 Å². The SMILES string of the molecule is O=C(c1cc([N+](=O)[O-])cc([N+](=O)[O-])c1)N1CCC2(Cl)CCCCC2C1c1ccccc1Cl. The lowest BCUT2D eigenvalue weighted by Crippen LogP contribution is -2.53. The van der Waals surface area contributed by atoms with E-state index in [0.717, 1.165) is 49.4 Å². The third kappa shape index (κ3) is 4.04. The second kappa shape index (κ2) is 8.67. The molecule has 2 aromatic carbocycles. The number of likely N-dealkylation sites (tertiary alicyclic amines) is 1. The number of benzene rings is 2. The number of nitrogens with zero attached hydrogens (tertiary/aromatic N) is 3. The van der Waals surface area contributed by atoms with Gasteiger partial charge in [0.15, 0.2) is 0 Å². The third-order valence-electron chi connectivity index (χ3n) is 6.56. The Labute approximate surface area is 194 Å². The molecule has 3 unspecified atom stereocenters. The summed E-state index contributed by atoms with van der Waals surface area (Å²) < 4.78 is 0. The van der Waals surface area contributed by atoms with E-state index < -0.39 is 38.0 Å². The van der Waals surface area contributed by atoms with Crippen LogP contribution in [0.2, 0.25) is 5.02 Å². The van der Waals surface area contributed by atoms with E-state index in [1.165, 1.54) is 0 Å². The summed E-state index contributed by atoms with van der Waals surface area (Å²) in [5.74, 6) is -0.560. The molecule has 0 N–H and O–H groups in total. The Kier molecular flexibility index (Phi) is 6.09. The number of piperidine rings is 1. The van der Waals surface area contributed by atoms with Crippen LogP contribution in [0.15, 0.2) is 42.5 Å². The lowest BCUT2D eigenvalue weighted by atomic mass is 9.68. The number of alkyl halides is 1. The molecule has 0 spiro atoms. The minimum Gasteiger partial charge on any atom is -0.331 e. The van der Waals surface area contributed by atoms with E-state index in [2.05, 4.69) is 0 Å². The Balaban J connectivity index is 1.81. The zero-order valence-corrected chi connectivity index (χ0v) is 18.6. The lowest BCUT2D eigenvalue weighted by Gasteiger charge is -2.52. The van der Waals surface area contributed by atoms with E-state index in [0.29, 0.717) is 18.0 Å². The van der Waals surface area contributed by atoms with E-state index in [-0.39, 0.29) is 11.5 Å². The molecule has 1 saturated heterocycles. The summed E-state index contributed by atoms with van der Waals surface area (Å²) in [6.07, 6.45) is 4.22. The van der Waals surface area contributed by atoms with Gasteiger partial charge in [-0.15, -0.1) is 11.6 Å². The predicted molar refractivity (Wildman–Crippen MR) is 120 cm³/mol. The first-order valence-corrected chi connectivity index (χ1v) is 11.1. The average molecular weight is 478 g/mol. The van der Waals surface area contributed by atoms with Gasteiger partial charge < -0.3 is 4.90 Å². The first kappa shape index (κ1) is 22.5. The van der Waals surface area contributed by atoms with Crippen molar-refractivity contribution in [1.29, 1.82) is 0 Å². The predicted octanol–water partition coefficient (Wildman–Crippen LogP) is 5.91. The number of halogens is 2. The minimum atomic E-state index is -0.740. The van der Waals surface area contributed by atoms with Crippen molar-refractivity contribution in [2.24, 2.45) is 5.92 Å². The van der Waals surface area contributed by atoms with Crippen LogP contribution in [-0.4, -0.2) is 32.1 Å². The number of nitro benzene ring substituents is 2. The van der Waals surface area contributed by atoms with Gasteiger partial charge in [-0.1, -0.05) is 42.6 Å². The van der Waals surface area contributed by atoms with Crippen LogP contribution in [0.5, 0.6) is 0 Å². The molecule has 3 atom stereocenters. The van der Waals surface area contributed by atoms with Gasteiger partial charge in [-0.05, 0) is 30.9 Å². The van der Waals surface area contributed by atoms with Crippen molar-refractivity contribution in [3.05, 3.63) is 78.8 Å². The van der Waals surface area contributed by atoms with Gasteiger partial charge >= 0.3 is 0 Å². The van der Waals surface area contributed by atoms with Gasteiger partial charge in [-0.25, -0.2) is 0 Å². The normalized spacial score (nSPS) is 25.1. The molecule has 168 valence electrons. The molecule has 32 heavy (non-hydrogen) atoms. The molecule has 10 heteroatoms. The molecule has 2 aliphatic rings. The maximum absolute atomic E-state index is 13.6. The van der Waals surface area contributed by atoms with Crippen LogP contribution in [0.25, 0.3) is 0 Å². The monoisotopic (exact) mass is 477 g/mol. The maximum atomic E-state index is 13.6. The third-order valence-corrected chi connectivity index (χ3v) is 7.57. The summed E-state index contributed by atoms with van der Waals surface area (Å²) in [6, 6.07) is 9.86. The minimum absolute atomic E-state index is 0.0517. The number of hydrogen-bond donors (Lipinski definition) is 0. The Morgan fingerprint density at radius 1 is 1.03 bits per heavy atom. The molecule has 1 saturated carbocycles. The second-order valence-electron chi connectivity index (χ2n) is 8.35. The van der Waals surface area contributed by atoms with Crippen LogP contribution in [0.1, 0.15) is 54.1 Å². The summed E-state index contributed by atoms with van der Waals surface area (Å²) in [5, 5.41) is 23.1. The molecule has 2 aromatic rings. The van der Waals surface area contributed by atoms with Crippen LogP contribution in [0, 0.1) is 26.1 Å². The zero-order valence-electron chi connectivity index (χ0n) is 17.1. The van der Waals surface area contributed by atoms with Crippen molar-refractivity contribution < 1.29 is 14.6 Å². The number of amides is 1. The Bertz CT molecular complexity index is 1060. The summed E-state index contributed by atoms with van der Waals surface area (Å²) >= 11 is 13.6. The topological polar surface area (TPSA) is 107 Å². The van der Waals surface area contributed by atoms with Gasteiger partial charge in [0.05, 0.1) is 32.4 Å². The van der Waals surface area contributed by atoms with Gasteiger partial charge in [-0.3, -0.25) is 25.0 Å². The second-order valence-corrected chi connectivity index (χ2v) is 9.51. The van der Waals surface area contributed by atoms with Crippen LogP contribution >= 0.6 is 23.2 Å². The van der Waals surface area contributed by atoms with E-state index in [9.17, 15) is 25.0 Å². The Morgan fingerprint density at radius 3 is 2.31 bits per heavy atom. The van der Waals surface area contributed by atoms with Crippen molar-refractivity contribution in [3.8, 4) is 0 Å². The van der Waals surface area contributed by atoms with Crippen molar-refractivity contribution in [2.45, 2.75) is 43.0 Å². The molecule has 1 aliphatic carbocycles. The van der Waals surface area contributed by atoms with Crippen molar-refractivity contribution >= 4 is 40.5 Å². The van der Waals surface area contributed by atoms with Gasteiger partial charge in [0.2, 0.25) is 0 Å². The molecule has 1 amide bonds. The first-order chi connectivity index (χ1) is 15.2. The summed E-state index contributed by atoms with van der Waals surface area (Å²) in [6.45, 7) is 0.325. The number of rotatable bonds is 4. The van der Waals surface area contributed by atoms with E-state index >= 15 is 0 Å². The lowest BCUT2D eigenvalue weighted by molar-refractivity contribution is -0.394. The summed E-state index contributed by atoms with van der Waals surface area (Å²) in [5.41, 5.74) is -0.337. The maximum Gasteiger partial charge on any atom is 0.277 e. The Morgan fingerprint density at radius 2 is 1.69 bits per heavy atom. The summed E-state index contributed by atoms with van der Waals surface area (Å²) in [4.78, 5) is 35.9. The highest BCUT2D eigenvalue weighted by atomic mass is 35.5. The fourth-order valence-electron chi connectivity index (χ4n) is 5.06. The molecule has 0 aromatic heterocycles. The number of non-ortho nitro benzene ring substituents is 2. The fourth-order valence-corrected chi connectivity index (χ4v) is 5.76. The smallest absolute Gasteiger partial charge is 0.277 e. The van der Waals surface area contributed by atoms with E-state index in [4.69, 9.17) is 23.2 Å². The number of carbonyl (C=O) groups is 1. The van der Waals surface area contributed by atoms with Crippen LogP contribution in [0.3, 0.4) is 0 Å². The molecule has 0 radical (unpaired) electrons.